The van der Waals surface area contributed by atoms with Gasteiger partial charge in [-0.25, -0.2) is 0 Å². The molecule has 0 heterocycles. The molecule has 16 heavy (non-hydrogen) atoms. The first-order valence-corrected chi connectivity index (χ1v) is 6.16. The zero-order chi connectivity index (χ0) is 12.0. The molecule has 0 aromatic heterocycles. The average Bonchev–Trinajstić information content (AvgIpc) is 2.28. The van der Waals surface area contributed by atoms with Gasteiger partial charge >= 0.3 is 0 Å². The van der Waals surface area contributed by atoms with Gasteiger partial charge in [-0.3, -0.25) is 0 Å². The molecule has 0 saturated heterocycles. The molecule has 0 fully saturated rings. The third-order valence-electron chi connectivity index (χ3n) is 2.95. The molecule has 2 heteroatoms. The summed E-state index contributed by atoms with van der Waals surface area (Å²) in [5, 5.41) is 13.3. The van der Waals surface area contributed by atoms with Crippen molar-refractivity contribution in [2.75, 3.05) is 0 Å². The molecule has 0 aliphatic carbocycles. The second-order valence-electron chi connectivity index (χ2n) is 4.51. The molecule has 1 rings (SSSR count). The number of aromatic hydroxyl groups is 1. The highest BCUT2D eigenvalue weighted by Gasteiger charge is 2.05. The summed E-state index contributed by atoms with van der Waals surface area (Å²) in [7, 11) is 0. The van der Waals surface area contributed by atoms with Crippen molar-refractivity contribution in [3.05, 3.63) is 29.3 Å². The molecular formula is C14H23NO. The predicted molar refractivity (Wildman–Crippen MR) is 68.7 cm³/mol. The lowest BCUT2D eigenvalue weighted by Gasteiger charge is -2.14. The predicted octanol–water partition coefficient (Wildman–Crippen LogP) is 3.37. The Bertz CT molecular complexity index is 323. The van der Waals surface area contributed by atoms with E-state index >= 15 is 0 Å². The van der Waals surface area contributed by atoms with Gasteiger partial charge in [0.05, 0.1) is 0 Å². The molecule has 90 valence electrons. The van der Waals surface area contributed by atoms with Crippen molar-refractivity contribution >= 4 is 0 Å². The molecule has 0 spiro atoms. The number of hydrogen-bond acceptors (Lipinski definition) is 2. The van der Waals surface area contributed by atoms with Crippen LogP contribution < -0.4 is 5.32 Å². The Labute approximate surface area is 98.7 Å². The third kappa shape index (κ3) is 3.86. The Morgan fingerprint density at radius 1 is 1.38 bits per heavy atom. The highest BCUT2D eigenvalue weighted by atomic mass is 16.3. The largest absolute Gasteiger partial charge is 0.507 e. The van der Waals surface area contributed by atoms with E-state index in [9.17, 15) is 5.11 Å². The molecule has 2 N–H and O–H groups in total. The lowest BCUT2D eigenvalue weighted by Crippen LogP contribution is -2.25. The van der Waals surface area contributed by atoms with Crippen LogP contribution in [0.4, 0.5) is 0 Å². The third-order valence-corrected chi connectivity index (χ3v) is 2.95. The number of nitrogens with one attached hydrogen (secondary N) is 1. The van der Waals surface area contributed by atoms with Gasteiger partial charge in [0.15, 0.2) is 0 Å². The molecule has 0 bridgehead atoms. The average molecular weight is 221 g/mol. The second kappa shape index (κ2) is 6.54. The van der Waals surface area contributed by atoms with E-state index in [1.54, 1.807) is 0 Å². The molecule has 0 radical (unpaired) electrons. The normalized spacial score (nSPS) is 12.7. The molecule has 0 amide bonds. The summed E-state index contributed by atoms with van der Waals surface area (Å²) in [6, 6.07) is 6.41. The van der Waals surface area contributed by atoms with Gasteiger partial charge in [-0.1, -0.05) is 38.0 Å². The van der Waals surface area contributed by atoms with Crippen LogP contribution in [-0.4, -0.2) is 11.1 Å². The molecule has 0 aliphatic rings. The summed E-state index contributed by atoms with van der Waals surface area (Å²) in [4.78, 5) is 0. The van der Waals surface area contributed by atoms with Gasteiger partial charge in [0, 0.05) is 18.2 Å². The molecule has 0 aliphatic heterocycles. The number of unbranched alkanes of at least 4 members (excludes halogenated alkanes) is 1. The SMILES string of the molecule is CCCCC(C)NCc1cccc(C)c1O. The fourth-order valence-corrected chi connectivity index (χ4v) is 1.76. The van der Waals surface area contributed by atoms with E-state index in [1.165, 1.54) is 19.3 Å². The van der Waals surface area contributed by atoms with Crippen LogP contribution in [-0.2, 0) is 6.54 Å². The highest BCUT2D eigenvalue weighted by molar-refractivity contribution is 5.39. The Morgan fingerprint density at radius 3 is 2.81 bits per heavy atom. The van der Waals surface area contributed by atoms with Crippen molar-refractivity contribution < 1.29 is 5.11 Å². The van der Waals surface area contributed by atoms with E-state index in [0.29, 0.717) is 11.8 Å². The van der Waals surface area contributed by atoms with Crippen molar-refractivity contribution in [2.24, 2.45) is 0 Å². The Hall–Kier alpha value is -1.02. The van der Waals surface area contributed by atoms with Gasteiger partial charge < -0.3 is 10.4 Å². The summed E-state index contributed by atoms with van der Waals surface area (Å²) >= 11 is 0. The van der Waals surface area contributed by atoms with E-state index in [4.69, 9.17) is 0 Å². The number of phenols is 1. The minimum atomic E-state index is 0.428. The van der Waals surface area contributed by atoms with Crippen LogP contribution in [0.5, 0.6) is 5.75 Å². The van der Waals surface area contributed by atoms with Crippen LogP contribution in [0.25, 0.3) is 0 Å². The van der Waals surface area contributed by atoms with E-state index in [0.717, 1.165) is 17.7 Å². The maximum Gasteiger partial charge on any atom is 0.122 e. The van der Waals surface area contributed by atoms with Crippen molar-refractivity contribution in [3.8, 4) is 5.75 Å². The van der Waals surface area contributed by atoms with Crippen molar-refractivity contribution in [3.63, 3.8) is 0 Å². The van der Waals surface area contributed by atoms with Gasteiger partial charge in [-0.2, -0.15) is 0 Å². The van der Waals surface area contributed by atoms with Crippen LogP contribution in [0.2, 0.25) is 0 Å². The number of aryl methyl sites for hydroxylation is 1. The van der Waals surface area contributed by atoms with Gasteiger partial charge in [0.1, 0.15) is 5.75 Å². The second-order valence-corrected chi connectivity index (χ2v) is 4.51. The van der Waals surface area contributed by atoms with Gasteiger partial charge in [0.2, 0.25) is 0 Å². The van der Waals surface area contributed by atoms with Crippen molar-refractivity contribution in [1.29, 1.82) is 0 Å². The summed E-state index contributed by atoms with van der Waals surface area (Å²) in [6.45, 7) is 7.08. The molecule has 1 atom stereocenters. The van der Waals surface area contributed by atoms with E-state index in [2.05, 4.69) is 19.2 Å². The van der Waals surface area contributed by atoms with Crippen LogP contribution in [0, 0.1) is 6.92 Å². The first-order chi connectivity index (χ1) is 7.65. The van der Waals surface area contributed by atoms with Crippen molar-refractivity contribution in [2.45, 2.75) is 52.6 Å². The van der Waals surface area contributed by atoms with Crippen LogP contribution >= 0.6 is 0 Å². The summed E-state index contributed by atoms with van der Waals surface area (Å²) in [5.74, 6) is 0.428. The van der Waals surface area contributed by atoms with Crippen molar-refractivity contribution in [1.82, 2.24) is 5.32 Å². The van der Waals surface area contributed by atoms with Crippen LogP contribution in [0.3, 0.4) is 0 Å². The van der Waals surface area contributed by atoms with Gasteiger partial charge in [-0.05, 0) is 25.8 Å². The highest BCUT2D eigenvalue weighted by Crippen LogP contribution is 2.21. The fourth-order valence-electron chi connectivity index (χ4n) is 1.76. The number of para-hydroxylation sites is 1. The quantitative estimate of drug-likeness (QED) is 0.772. The summed E-state index contributed by atoms with van der Waals surface area (Å²) < 4.78 is 0. The summed E-state index contributed by atoms with van der Waals surface area (Å²) in [6.07, 6.45) is 3.69. The number of rotatable bonds is 6. The number of hydrogen-bond donors (Lipinski definition) is 2. The minimum Gasteiger partial charge on any atom is -0.507 e. The molecule has 1 aromatic rings. The minimum absolute atomic E-state index is 0.428. The Kier molecular flexibility index (Phi) is 5.33. The number of phenolic OH excluding ortho intramolecular Hbond substituents is 1. The maximum absolute atomic E-state index is 9.85. The summed E-state index contributed by atoms with van der Waals surface area (Å²) in [5.41, 5.74) is 1.93. The molecular weight excluding hydrogens is 198 g/mol. The zero-order valence-electron chi connectivity index (χ0n) is 10.6. The van der Waals surface area contributed by atoms with Crippen LogP contribution in [0.15, 0.2) is 18.2 Å². The molecule has 1 unspecified atom stereocenters. The van der Waals surface area contributed by atoms with Gasteiger partial charge in [-0.15, -0.1) is 0 Å². The lowest BCUT2D eigenvalue weighted by atomic mass is 10.1. The standard InChI is InChI=1S/C14H23NO/c1-4-5-8-12(3)15-10-13-9-6-7-11(2)14(13)16/h6-7,9,12,15-16H,4-5,8,10H2,1-3H3. The maximum atomic E-state index is 9.85. The topological polar surface area (TPSA) is 32.3 Å². The number of benzene rings is 1. The lowest BCUT2D eigenvalue weighted by molar-refractivity contribution is 0.448. The van der Waals surface area contributed by atoms with Gasteiger partial charge in [0.25, 0.3) is 0 Å². The first-order valence-electron chi connectivity index (χ1n) is 6.16. The fraction of sp³-hybridized carbons (Fsp3) is 0.571. The van der Waals surface area contributed by atoms with E-state index in [-0.39, 0.29) is 0 Å². The molecule has 0 saturated carbocycles. The molecule has 1 aromatic carbocycles. The molecule has 2 nitrogen and oxygen atoms in total. The van der Waals surface area contributed by atoms with E-state index in [1.807, 2.05) is 25.1 Å². The Morgan fingerprint density at radius 2 is 2.12 bits per heavy atom. The smallest absolute Gasteiger partial charge is 0.122 e. The van der Waals surface area contributed by atoms with E-state index < -0.39 is 0 Å². The monoisotopic (exact) mass is 221 g/mol. The first kappa shape index (κ1) is 13.0. The Balaban J connectivity index is 2.45. The van der Waals surface area contributed by atoms with Crippen LogP contribution in [0.1, 0.15) is 44.2 Å². The zero-order valence-corrected chi connectivity index (χ0v) is 10.6.